The third-order valence-corrected chi connectivity index (χ3v) is 5.63. The predicted octanol–water partition coefficient (Wildman–Crippen LogP) is 3.79. The fourth-order valence-corrected chi connectivity index (χ4v) is 4.19. The lowest BCUT2D eigenvalue weighted by Gasteiger charge is -2.38. The first-order valence-electron chi connectivity index (χ1n) is 10.3. The third kappa shape index (κ3) is 3.82. The van der Waals surface area contributed by atoms with Crippen molar-refractivity contribution in [2.24, 2.45) is 0 Å². The summed E-state index contributed by atoms with van der Waals surface area (Å²) in [7, 11) is 0. The first kappa shape index (κ1) is 20.1. The number of ether oxygens (including phenoxy) is 1. The van der Waals surface area contributed by atoms with Crippen molar-refractivity contribution in [3.05, 3.63) is 64.7 Å². The Bertz CT molecular complexity index is 993. The van der Waals surface area contributed by atoms with Crippen LogP contribution in [0.5, 0.6) is 5.75 Å². The summed E-state index contributed by atoms with van der Waals surface area (Å²) >= 11 is 0. The van der Waals surface area contributed by atoms with Crippen molar-refractivity contribution in [2.75, 3.05) is 6.54 Å². The fourth-order valence-electron chi connectivity index (χ4n) is 4.19. The molecule has 2 aromatic carbocycles. The van der Waals surface area contributed by atoms with Gasteiger partial charge in [0.15, 0.2) is 0 Å². The second-order valence-corrected chi connectivity index (χ2v) is 8.64. The second-order valence-electron chi connectivity index (χ2n) is 8.64. The second kappa shape index (κ2) is 7.59. The summed E-state index contributed by atoms with van der Waals surface area (Å²) in [6.07, 6.45) is 1.34. The summed E-state index contributed by atoms with van der Waals surface area (Å²) in [5.74, 6) is 0.140. The van der Waals surface area contributed by atoms with E-state index in [0.717, 1.165) is 16.9 Å². The third-order valence-electron chi connectivity index (χ3n) is 5.63. The maximum atomic E-state index is 12.6. The highest BCUT2D eigenvalue weighted by Crippen LogP contribution is 2.39. The van der Waals surface area contributed by atoms with Crippen molar-refractivity contribution in [1.82, 2.24) is 10.2 Å². The lowest BCUT2D eigenvalue weighted by atomic mass is 9.89. The molecule has 30 heavy (non-hydrogen) atoms. The van der Waals surface area contributed by atoms with E-state index in [-0.39, 0.29) is 42.3 Å². The molecule has 0 radical (unpaired) electrons. The Labute approximate surface area is 176 Å². The Morgan fingerprint density at radius 3 is 2.47 bits per heavy atom. The number of carbonyl (C=O) groups is 3. The van der Waals surface area contributed by atoms with Crippen molar-refractivity contribution >= 4 is 17.7 Å². The molecule has 6 heteroatoms. The first-order valence-corrected chi connectivity index (χ1v) is 10.3. The van der Waals surface area contributed by atoms with Gasteiger partial charge in [-0.05, 0) is 51.0 Å². The molecule has 2 aliphatic heterocycles. The van der Waals surface area contributed by atoms with Gasteiger partial charge in [-0.15, -0.1) is 0 Å². The number of benzene rings is 2. The zero-order valence-corrected chi connectivity index (χ0v) is 17.5. The average Bonchev–Trinajstić information content (AvgIpc) is 2.92. The zero-order chi connectivity index (χ0) is 21.5. The molecule has 0 saturated heterocycles. The number of nitrogens with one attached hydrogen (secondary N) is 1. The summed E-state index contributed by atoms with van der Waals surface area (Å²) in [6.45, 7) is 6.27. The van der Waals surface area contributed by atoms with E-state index in [9.17, 15) is 14.4 Å². The van der Waals surface area contributed by atoms with Crippen LogP contribution in [0.3, 0.4) is 0 Å². The monoisotopic (exact) mass is 406 g/mol. The topological polar surface area (TPSA) is 75.7 Å². The largest absolute Gasteiger partial charge is 0.487 e. The lowest BCUT2D eigenvalue weighted by Crippen LogP contribution is -2.41. The molecule has 1 unspecified atom stereocenters. The van der Waals surface area contributed by atoms with Crippen molar-refractivity contribution in [3.63, 3.8) is 0 Å². The molecule has 0 bridgehead atoms. The van der Waals surface area contributed by atoms with Gasteiger partial charge in [0, 0.05) is 24.9 Å². The highest BCUT2D eigenvalue weighted by Gasteiger charge is 2.36. The van der Waals surface area contributed by atoms with E-state index in [1.165, 1.54) is 4.90 Å². The van der Waals surface area contributed by atoms with Crippen LogP contribution < -0.4 is 10.1 Å². The summed E-state index contributed by atoms with van der Waals surface area (Å²) in [4.78, 5) is 38.7. The van der Waals surface area contributed by atoms with E-state index in [0.29, 0.717) is 24.0 Å². The van der Waals surface area contributed by atoms with Crippen molar-refractivity contribution in [3.8, 4) is 5.75 Å². The SMILES string of the molecule is Cc1ccc2c(c1)OC(C)(C)CC2NC(=O)CCCN1C(=O)c2ccccc2C1=O. The molecule has 2 heterocycles. The number of aryl methyl sites for hydroxylation is 1. The Morgan fingerprint density at radius 2 is 1.80 bits per heavy atom. The summed E-state index contributed by atoms with van der Waals surface area (Å²) in [5, 5.41) is 3.11. The van der Waals surface area contributed by atoms with Gasteiger partial charge in [0.05, 0.1) is 17.2 Å². The fraction of sp³-hybridized carbons (Fsp3) is 0.375. The van der Waals surface area contributed by atoms with Gasteiger partial charge < -0.3 is 10.1 Å². The van der Waals surface area contributed by atoms with E-state index >= 15 is 0 Å². The Kier molecular flexibility index (Phi) is 5.10. The Balaban J connectivity index is 1.36. The summed E-state index contributed by atoms with van der Waals surface area (Å²) in [6, 6.07) is 12.7. The van der Waals surface area contributed by atoms with Crippen LogP contribution in [0.15, 0.2) is 42.5 Å². The molecule has 0 aliphatic carbocycles. The van der Waals surface area contributed by atoms with Crippen molar-refractivity contribution < 1.29 is 19.1 Å². The number of fused-ring (bicyclic) bond motifs is 2. The maximum Gasteiger partial charge on any atom is 0.261 e. The number of rotatable bonds is 5. The number of amides is 3. The van der Waals surface area contributed by atoms with Crippen LogP contribution >= 0.6 is 0 Å². The van der Waals surface area contributed by atoms with Crippen LogP contribution in [-0.4, -0.2) is 34.8 Å². The molecule has 6 nitrogen and oxygen atoms in total. The Morgan fingerprint density at radius 1 is 1.13 bits per heavy atom. The number of nitrogens with zero attached hydrogens (tertiary/aromatic N) is 1. The summed E-state index contributed by atoms with van der Waals surface area (Å²) < 4.78 is 6.08. The standard InChI is InChI=1S/C24H26N2O4/c1-15-10-11-18-19(14-24(2,3)30-20(18)13-15)25-21(27)9-6-12-26-22(28)16-7-4-5-8-17(16)23(26)29/h4-5,7-8,10-11,13,19H,6,9,12,14H2,1-3H3,(H,25,27). The van der Waals surface area contributed by atoms with Gasteiger partial charge in [-0.3, -0.25) is 19.3 Å². The average molecular weight is 406 g/mol. The van der Waals surface area contributed by atoms with E-state index in [4.69, 9.17) is 4.74 Å². The number of hydrogen-bond acceptors (Lipinski definition) is 4. The van der Waals surface area contributed by atoms with Gasteiger partial charge in [-0.25, -0.2) is 0 Å². The molecular formula is C24H26N2O4. The van der Waals surface area contributed by atoms with Crippen molar-refractivity contribution in [1.29, 1.82) is 0 Å². The molecule has 2 aliphatic rings. The summed E-state index contributed by atoms with van der Waals surface area (Å²) in [5.41, 5.74) is 2.58. The van der Waals surface area contributed by atoms with E-state index in [1.807, 2.05) is 39.0 Å². The van der Waals surface area contributed by atoms with Crippen LogP contribution in [0.25, 0.3) is 0 Å². The van der Waals surface area contributed by atoms with Gasteiger partial charge in [0.25, 0.3) is 11.8 Å². The molecule has 4 rings (SSSR count). The van der Waals surface area contributed by atoms with Gasteiger partial charge in [0.2, 0.25) is 5.91 Å². The van der Waals surface area contributed by atoms with Crippen LogP contribution in [0.4, 0.5) is 0 Å². The highest BCUT2D eigenvalue weighted by atomic mass is 16.5. The molecule has 0 saturated carbocycles. The number of hydrogen-bond donors (Lipinski definition) is 1. The highest BCUT2D eigenvalue weighted by molar-refractivity contribution is 6.21. The molecule has 3 amide bonds. The van der Waals surface area contributed by atoms with Gasteiger partial charge in [0.1, 0.15) is 11.4 Å². The van der Waals surface area contributed by atoms with E-state index in [1.54, 1.807) is 24.3 Å². The van der Waals surface area contributed by atoms with Crippen LogP contribution in [-0.2, 0) is 4.79 Å². The smallest absolute Gasteiger partial charge is 0.261 e. The normalized spacial score (nSPS) is 19.2. The minimum Gasteiger partial charge on any atom is -0.487 e. The van der Waals surface area contributed by atoms with Gasteiger partial charge in [-0.2, -0.15) is 0 Å². The lowest BCUT2D eigenvalue weighted by molar-refractivity contribution is -0.122. The quantitative estimate of drug-likeness (QED) is 0.767. The Hall–Kier alpha value is -3.15. The molecular weight excluding hydrogens is 380 g/mol. The molecule has 1 N–H and O–H groups in total. The van der Waals surface area contributed by atoms with E-state index in [2.05, 4.69) is 5.32 Å². The zero-order valence-electron chi connectivity index (χ0n) is 17.5. The molecule has 1 atom stereocenters. The number of carbonyl (C=O) groups excluding carboxylic acids is 3. The van der Waals surface area contributed by atoms with Crippen molar-refractivity contribution in [2.45, 2.75) is 51.7 Å². The maximum absolute atomic E-state index is 12.6. The van der Waals surface area contributed by atoms with Crippen LogP contribution in [0, 0.1) is 6.92 Å². The van der Waals surface area contributed by atoms with Crippen LogP contribution in [0.1, 0.15) is 71.0 Å². The number of imide groups is 1. The van der Waals surface area contributed by atoms with Crippen LogP contribution in [0.2, 0.25) is 0 Å². The van der Waals surface area contributed by atoms with Gasteiger partial charge in [-0.1, -0.05) is 24.3 Å². The minimum atomic E-state index is -0.376. The molecule has 156 valence electrons. The van der Waals surface area contributed by atoms with E-state index < -0.39 is 0 Å². The predicted molar refractivity (Wildman–Crippen MR) is 112 cm³/mol. The van der Waals surface area contributed by atoms with Gasteiger partial charge >= 0.3 is 0 Å². The molecule has 0 spiro atoms. The minimum absolute atomic E-state index is 0.0964. The molecule has 0 fully saturated rings. The first-order chi connectivity index (χ1) is 14.2. The molecule has 0 aromatic heterocycles. The molecule has 2 aromatic rings.